The number of rotatable bonds is 2. The molecule has 4 saturated carbocycles. The standard InChI is InChI=1S/C16H24N2O2S/c1-8(2)13-14(20)18-15(21-13)17-12-9-3-11(19)7-16(4-9)5-10(12)6-16/h8-13,19H,3-7H2,1-2H3,(H,17,18,20)/t9?,10?,11-,12+,13?,16?/m0/s1. The predicted molar refractivity (Wildman–Crippen MR) is 84.1 cm³/mol. The monoisotopic (exact) mass is 308 g/mol. The van der Waals surface area contributed by atoms with E-state index in [4.69, 9.17) is 4.99 Å². The molecule has 0 radical (unpaired) electrons. The lowest BCUT2D eigenvalue weighted by atomic mass is 9.45. The molecular weight excluding hydrogens is 284 g/mol. The smallest absolute Gasteiger partial charge is 0.239 e. The van der Waals surface area contributed by atoms with Gasteiger partial charge >= 0.3 is 0 Å². The summed E-state index contributed by atoms with van der Waals surface area (Å²) in [5.41, 5.74) is 0.441. The molecule has 0 aromatic carbocycles. The molecule has 3 bridgehead atoms. The van der Waals surface area contributed by atoms with Gasteiger partial charge in [0.05, 0.1) is 17.4 Å². The first kappa shape index (κ1) is 14.1. The molecule has 5 aliphatic rings. The number of aliphatic imine (C=N–C) groups is 1. The molecule has 2 unspecified atom stereocenters. The van der Waals surface area contributed by atoms with E-state index in [-0.39, 0.29) is 17.3 Å². The average molecular weight is 308 g/mol. The molecule has 116 valence electrons. The second kappa shape index (κ2) is 4.72. The van der Waals surface area contributed by atoms with Crippen molar-refractivity contribution in [1.29, 1.82) is 0 Å². The summed E-state index contributed by atoms with van der Waals surface area (Å²) < 4.78 is 0. The zero-order valence-corrected chi connectivity index (χ0v) is 13.5. The Kier molecular flexibility index (Phi) is 3.16. The van der Waals surface area contributed by atoms with Gasteiger partial charge in [0.2, 0.25) is 5.91 Å². The maximum Gasteiger partial charge on any atom is 0.239 e. The topological polar surface area (TPSA) is 61.7 Å². The summed E-state index contributed by atoms with van der Waals surface area (Å²) in [7, 11) is 0. The first-order valence-corrected chi connectivity index (χ1v) is 9.07. The summed E-state index contributed by atoms with van der Waals surface area (Å²) in [4.78, 5) is 16.9. The molecule has 1 saturated heterocycles. The Bertz CT molecular complexity index is 499. The fourth-order valence-corrected chi connectivity index (χ4v) is 6.18. The lowest BCUT2D eigenvalue weighted by Gasteiger charge is -2.62. The molecule has 5 heteroatoms. The Morgan fingerprint density at radius 2 is 2.00 bits per heavy atom. The van der Waals surface area contributed by atoms with Crippen LogP contribution in [0.25, 0.3) is 0 Å². The van der Waals surface area contributed by atoms with Crippen molar-refractivity contribution in [2.45, 2.75) is 63.3 Å². The summed E-state index contributed by atoms with van der Waals surface area (Å²) in [6.45, 7) is 4.16. The van der Waals surface area contributed by atoms with Crippen LogP contribution in [-0.2, 0) is 4.79 Å². The molecule has 5 rings (SSSR count). The van der Waals surface area contributed by atoms with Crippen molar-refractivity contribution >= 4 is 22.8 Å². The van der Waals surface area contributed by atoms with Gasteiger partial charge < -0.3 is 10.4 Å². The van der Waals surface area contributed by atoms with E-state index in [1.165, 1.54) is 19.3 Å². The van der Waals surface area contributed by atoms with Gasteiger partial charge in [-0.1, -0.05) is 25.6 Å². The number of hydrogen-bond donors (Lipinski definition) is 2. The molecule has 0 aromatic rings. The van der Waals surface area contributed by atoms with E-state index in [1.807, 2.05) is 0 Å². The zero-order chi connectivity index (χ0) is 14.8. The third-order valence-corrected chi connectivity index (χ3v) is 7.34. The number of carbonyl (C=O) groups is 1. The quantitative estimate of drug-likeness (QED) is 0.822. The molecule has 1 amide bonds. The number of hydrogen-bond acceptors (Lipinski definition) is 4. The molecule has 1 spiro atoms. The summed E-state index contributed by atoms with van der Waals surface area (Å²) in [5, 5.41) is 13.9. The number of aliphatic hydroxyl groups excluding tert-OH is 1. The highest BCUT2D eigenvalue weighted by Crippen LogP contribution is 2.64. The molecule has 1 heterocycles. The summed E-state index contributed by atoms with van der Waals surface area (Å²) >= 11 is 1.60. The Hall–Kier alpha value is -0.550. The Morgan fingerprint density at radius 1 is 1.29 bits per heavy atom. The first-order valence-electron chi connectivity index (χ1n) is 8.19. The summed E-state index contributed by atoms with van der Waals surface area (Å²) in [6.07, 6.45) is 5.45. The van der Waals surface area contributed by atoms with Crippen LogP contribution < -0.4 is 5.32 Å². The lowest BCUT2D eigenvalue weighted by molar-refractivity contribution is -0.126. The van der Waals surface area contributed by atoms with Gasteiger partial charge in [-0.25, -0.2) is 0 Å². The van der Waals surface area contributed by atoms with Crippen molar-refractivity contribution in [2.24, 2.45) is 28.2 Å². The van der Waals surface area contributed by atoms with Gasteiger partial charge in [-0.05, 0) is 55.3 Å². The van der Waals surface area contributed by atoms with Crippen LogP contribution >= 0.6 is 11.8 Å². The van der Waals surface area contributed by atoms with E-state index in [2.05, 4.69) is 19.2 Å². The number of nitrogens with zero attached hydrogens (tertiary/aromatic N) is 1. The van der Waals surface area contributed by atoms with Gasteiger partial charge in [0.25, 0.3) is 0 Å². The van der Waals surface area contributed by atoms with Crippen LogP contribution in [-0.4, -0.2) is 33.6 Å². The third kappa shape index (κ3) is 2.24. The molecular formula is C16H24N2O2S. The van der Waals surface area contributed by atoms with Crippen molar-refractivity contribution in [3.63, 3.8) is 0 Å². The van der Waals surface area contributed by atoms with Crippen molar-refractivity contribution in [2.75, 3.05) is 0 Å². The Morgan fingerprint density at radius 3 is 2.67 bits per heavy atom. The number of amides is 1. The van der Waals surface area contributed by atoms with Crippen molar-refractivity contribution in [3.05, 3.63) is 0 Å². The van der Waals surface area contributed by atoms with Crippen LogP contribution in [0.4, 0.5) is 0 Å². The van der Waals surface area contributed by atoms with E-state index >= 15 is 0 Å². The Balaban J connectivity index is 1.52. The van der Waals surface area contributed by atoms with Gasteiger partial charge in [0.15, 0.2) is 5.17 Å². The van der Waals surface area contributed by atoms with Gasteiger partial charge in [0.1, 0.15) is 0 Å². The molecule has 1 aliphatic heterocycles. The normalized spacial score (nSPS) is 50.2. The fraction of sp³-hybridized carbons (Fsp3) is 0.875. The average Bonchev–Trinajstić information content (AvgIpc) is 2.72. The van der Waals surface area contributed by atoms with Crippen molar-refractivity contribution in [3.8, 4) is 0 Å². The highest BCUT2D eigenvalue weighted by atomic mass is 32.2. The minimum atomic E-state index is -0.137. The summed E-state index contributed by atoms with van der Waals surface area (Å²) in [5.74, 6) is 1.64. The molecule has 4 aliphatic carbocycles. The zero-order valence-electron chi connectivity index (χ0n) is 12.7. The number of carbonyl (C=O) groups excluding carboxylic acids is 1. The molecule has 4 atom stereocenters. The highest BCUT2D eigenvalue weighted by molar-refractivity contribution is 8.15. The second-order valence-corrected chi connectivity index (χ2v) is 9.05. The van der Waals surface area contributed by atoms with E-state index in [9.17, 15) is 9.90 Å². The van der Waals surface area contributed by atoms with E-state index in [0.717, 1.165) is 18.0 Å². The second-order valence-electron chi connectivity index (χ2n) is 7.92. The maximum absolute atomic E-state index is 12.0. The van der Waals surface area contributed by atoms with E-state index in [1.54, 1.807) is 11.8 Å². The van der Waals surface area contributed by atoms with E-state index < -0.39 is 0 Å². The van der Waals surface area contributed by atoms with Crippen LogP contribution in [0.2, 0.25) is 0 Å². The highest BCUT2D eigenvalue weighted by Gasteiger charge is 2.58. The van der Waals surface area contributed by atoms with Gasteiger partial charge in [0, 0.05) is 0 Å². The summed E-state index contributed by atoms with van der Waals surface area (Å²) in [6, 6.07) is 0.315. The number of aliphatic hydroxyl groups is 1. The SMILES string of the molecule is CC(C)C1SC(=N[C@@H]2C3C[C@H](O)CC4(C3)CC2C4)NC1=O. The third-order valence-electron chi connectivity index (χ3n) is 5.89. The molecule has 2 N–H and O–H groups in total. The minimum absolute atomic E-state index is 0.00441. The lowest BCUT2D eigenvalue weighted by Crippen LogP contribution is -2.57. The minimum Gasteiger partial charge on any atom is -0.393 e. The van der Waals surface area contributed by atoms with Crippen molar-refractivity contribution in [1.82, 2.24) is 5.32 Å². The maximum atomic E-state index is 12.0. The fourth-order valence-electron chi connectivity index (χ4n) is 5.16. The number of nitrogens with one attached hydrogen (secondary N) is 1. The van der Waals surface area contributed by atoms with Gasteiger partial charge in [-0.3, -0.25) is 9.79 Å². The van der Waals surface area contributed by atoms with Crippen LogP contribution in [0.1, 0.15) is 46.0 Å². The number of thioether (sulfide) groups is 1. The number of amidine groups is 1. The molecule has 0 aromatic heterocycles. The van der Waals surface area contributed by atoms with Crippen LogP contribution in [0, 0.1) is 23.2 Å². The first-order chi connectivity index (χ1) is 9.96. The van der Waals surface area contributed by atoms with Crippen LogP contribution in [0.5, 0.6) is 0 Å². The van der Waals surface area contributed by atoms with Crippen LogP contribution in [0.15, 0.2) is 4.99 Å². The molecule has 5 fully saturated rings. The van der Waals surface area contributed by atoms with E-state index in [0.29, 0.717) is 29.2 Å². The van der Waals surface area contributed by atoms with Crippen LogP contribution in [0.3, 0.4) is 0 Å². The predicted octanol–water partition coefficient (Wildman–Crippen LogP) is 2.17. The molecule has 4 nitrogen and oxygen atoms in total. The van der Waals surface area contributed by atoms with Gasteiger partial charge in [-0.15, -0.1) is 0 Å². The Labute approximate surface area is 130 Å². The van der Waals surface area contributed by atoms with Gasteiger partial charge in [-0.2, -0.15) is 0 Å². The molecule has 21 heavy (non-hydrogen) atoms. The largest absolute Gasteiger partial charge is 0.393 e. The van der Waals surface area contributed by atoms with Crippen molar-refractivity contribution < 1.29 is 9.90 Å².